The third-order valence-electron chi connectivity index (χ3n) is 4.89. The first kappa shape index (κ1) is 16.1. The van der Waals surface area contributed by atoms with Crippen molar-refractivity contribution in [3.05, 3.63) is 56.9 Å². The van der Waals surface area contributed by atoms with E-state index in [4.69, 9.17) is 0 Å². The van der Waals surface area contributed by atoms with Crippen molar-refractivity contribution in [1.82, 2.24) is 25.9 Å². The molecule has 8 nitrogen and oxygen atoms in total. The molecular weight excluding hydrogens is 410 g/mol. The number of benzene rings is 1. The second kappa shape index (κ2) is 5.98. The summed E-state index contributed by atoms with van der Waals surface area (Å²) in [5.74, 6) is 0.475. The van der Waals surface area contributed by atoms with Crippen molar-refractivity contribution in [3.8, 4) is 11.4 Å². The molecule has 27 heavy (non-hydrogen) atoms. The average Bonchev–Trinajstić information content (AvgIpc) is 3.37. The number of rotatable bonds is 1. The molecule has 3 aliphatic rings. The van der Waals surface area contributed by atoms with E-state index in [1.807, 2.05) is 18.2 Å². The minimum atomic E-state index is -0.108. The van der Waals surface area contributed by atoms with Gasteiger partial charge in [-0.15, -0.1) is 5.10 Å². The summed E-state index contributed by atoms with van der Waals surface area (Å²) in [5.41, 5.74) is 6.71. The van der Waals surface area contributed by atoms with E-state index >= 15 is 0 Å². The highest BCUT2D eigenvalue weighted by molar-refractivity contribution is 9.12. The first-order valence-corrected chi connectivity index (χ1v) is 9.24. The lowest BCUT2D eigenvalue weighted by molar-refractivity contribution is -0.116. The van der Waals surface area contributed by atoms with Gasteiger partial charge in [0.1, 0.15) is 0 Å². The molecule has 1 amide bonds. The van der Waals surface area contributed by atoms with Crippen molar-refractivity contribution in [3.63, 3.8) is 0 Å². The Kier molecular flexibility index (Phi) is 3.57. The minimum Gasteiger partial charge on any atom is -0.353 e. The fourth-order valence-corrected chi connectivity index (χ4v) is 4.26. The lowest BCUT2D eigenvalue weighted by atomic mass is 9.94. The van der Waals surface area contributed by atoms with Crippen LogP contribution in [-0.4, -0.2) is 39.3 Å². The molecule has 0 atom stereocenters. The molecule has 1 aromatic carbocycles. The number of tetrazole rings is 1. The van der Waals surface area contributed by atoms with Crippen LogP contribution < -0.4 is 10.6 Å². The summed E-state index contributed by atoms with van der Waals surface area (Å²) in [6, 6.07) is 5.85. The molecule has 9 heteroatoms. The highest BCUT2D eigenvalue weighted by Crippen LogP contribution is 2.41. The number of fused-ring (bicyclic) bond motifs is 1. The van der Waals surface area contributed by atoms with Gasteiger partial charge in [-0.05, 0) is 63.0 Å². The Balaban J connectivity index is 1.66. The number of hydrogen-bond donors (Lipinski definition) is 3. The van der Waals surface area contributed by atoms with Crippen molar-refractivity contribution in [2.24, 2.45) is 4.99 Å². The molecule has 0 bridgehead atoms. The molecule has 2 aromatic rings. The van der Waals surface area contributed by atoms with Crippen LogP contribution in [0.3, 0.4) is 0 Å². The third-order valence-corrected chi connectivity index (χ3v) is 5.61. The number of allylic oxidation sites excluding steroid dienone is 3. The summed E-state index contributed by atoms with van der Waals surface area (Å²) in [6.45, 7) is 0. The fourth-order valence-electron chi connectivity index (χ4n) is 3.70. The van der Waals surface area contributed by atoms with Crippen molar-refractivity contribution < 1.29 is 4.79 Å². The first-order chi connectivity index (χ1) is 13.2. The van der Waals surface area contributed by atoms with Gasteiger partial charge in [-0.25, -0.2) is 5.10 Å². The van der Waals surface area contributed by atoms with Gasteiger partial charge in [0.05, 0.1) is 22.7 Å². The lowest BCUT2D eigenvalue weighted by Gasteiger charge is -2.12. The number of anilines is 1. The van der Waals surface area contributed by atoms with Gasteiger partial charge in [0.25, 0.3) is 5.91 Å². The number of halogens is 1. The zero-order valence-corrected chi connectivity index (χ0v) is 15.9. The maximum absolute atomic E-state index is 12.8. The van der Waals surface area contributed by atoms with Crippen LogP contribution in [0.25, 0.3) is 11.4 Å². The summed E-state index contributed by atoms with van der Waals surface area (Å²) in [4.78, 5) is 17.2. The number of H-pyrrole nitrogens is 1. The van der Waals surface area contributed by atoms with Crippen LogP contribution in [0.5, 0.6) is 0 Å². The number of amides is 1. The van der Waals surface area contributed by atoms with E-state index in [-0.39, 0.29) is 5.91 Å². The number of aliphatic imine (C=N–C) groups is 1. The van der Waals surface area contributed by atoms with Crippen molar-refractivity contribution >= 4 is 33.2 Å². The number of carbonyl (C=O) groups excluding carboxylic acids is 1. The number of aromatic nitrogens is 4. The van der Waals surface area contributed by atoms with Gasteiger partial charge in [-0.2, -0.15) is 0 Å². The van der Waals surface area contributed by atoms with Crippen LogP contribution in [0.15, 0.2) is 56.3 Å². The largest absolute Gasteiger partial charge is 0.353 e. The van der Waals surface area contributed by atoms with E-state index in [1.54, 1.807) is 7.05 Å². The summed E-state index contributed by atoms with van der Waals surface area (Å²) in [6.07, 6.45) is 3.78. The normalized spacial score (nSPS) is 22.5. The van der Waals surface area contributed by atoms with E-state index in [2.05, 4.69) is 58.3 Å². The van der Waals surface area contributed by atoms with Gasteiger partial charge in [0.2, 0.25) is 0 Å². The third kappa shape index (κ3) is 2.38. The summed E-state index contributed by atoms with van der Waals surface area (Å²) in [7, 11) is 1.73. The highest BCUT2D eigenvalue weighted by Gasteiger charge is 2.36. The monoisotopic (exact) mass is 423 g/mol. The molecule has 1 aliphatic carbocycles. The predicted octanol–water partition coefficient (Wildman–Crippen LogP) is 2.42. The Morgan fingerprint density at radius 2 is 2.11 bits per heavy atom. The van der Waals surface area contributed by atoms with Crippen LogP contribution in [0.4, 0.5) is 5.69 Å². The van der Waals surface area contributed by atoms with Crippen molar-refractivity contribution in [1.29, 1.82) is 0 Å². The molecule has 3 heterocycles. The molecule has 1 aromatic heterocycles. The van der Waals surface area contributed by atoms with E-state index < -0.39 is 0 Å². The second-order valence-corrected chi connectivity index (χ2v) is 7.21. The second-order valence-electron chi connectivity index (χ2n) is 6.36. The Bertz CT molecular complexity index is 1110. The van der Waals surface area contributed by atoms with Crippen LogP contribution in [-0.2, 0) is 4.79 Å². The van der Waals surface area contributed by atoms with E-state index in [9.17, 15) is 4.79 Å². The zero-order chi connectivity index (χ0) is 18.5. The molecule has 3 N–H and O–H groups in total. The van der Waals surface area contributed by atoms with Gasteiger partial charge in [-0.3, -0.25) is 9.79 Å². The van der Waals surface area contributed by atoms with Crippen LogP contribution in [0, 0.1) is 0 Å². The van der Waals surface area contributed by atoms with Gasteiger partial charge < -0.3 is 10.6 Å². The standard InChI is InChI=1S/C18H14BrN7O/c1-20-15-10-7-8(17-23-25-26-24-17)5-6-12(10)21-16(15)13-9-3-2-4-11(19)14(9)22-18(13)27/h4-7,21H,2-3H2,1H3,(H,22,27)(H,23,24,25,26)/b16-13-,20-15+. The topological polar surface area (TPSA) is 108 Å². The van der Waals surface area contributed by atoms with Crippen LogP contribution >= 0.6 is 15.9 Å². The van der Waals surface area contributed by atoms with Crippen molar-refractivity contribution in [2.75, 3.05) is 12.4 Å². The van der Waals surface area contributed by atoms with E-state index in [0.717, 1.165) is 56.8 Å². The molecule has 0 fully saturated rings. The Labute approximate surface area is 162 Å². The lowest BCUT2D eigenvalue weighted by Crippen LogP contribution is -2.19. The maximum atomic E-state index is 12.8. The molecular formula is C18H14BrN7O. The zero-order valence-electron chi connectivity index (χ0n) is 14.3. The number of hydrogen-bond acceptors (Lipinski definition) is 6. The number of nitrogens with zero attached hydrogens (tertiary/aromatic N) is 4. The molecule has 0 spiro atoms. The van der Waals surface area contributed by atoms with E-state index in [0.29, 0.717) is 11.4 Å². The molecule has 0 saturated heterocycles. The quantitative estimate of drug-likeness (QED) is 0.610. The smallest absolute Gasteiger partial charge is 0.258 e. The summed E-state index contributed by atoms with van der Waals surface area (Å²) >= 11 is 3.54. The van der Waals surface area contributed by atoms with Gasteiger partial charge in [-0.1, -0.05) is 6.08 Å². The highest BCUT2D eigenvalue weighted by atomic mass is 79.9. The molecule has 2 aliphatic heterocycles. The van der Waals surface area contributed by atoms with Crippen molar-refractivity contribution in [2.45, 2.75) is 12.8 Å². The van der Waals surface area contributed by atoms with Crippen LogP contribution in [0.2, 0.25) is 0 Å². The molecule has 0 saturated carbocycles. The van der Waals surface area contributed by atoms with Crippen LogP contribution in [0.1, 0.15) is 18.4 Å². The number of aromatic amines is 1. The molecule has 5 rings (SSSR count). The summed E-state index contributed by atoms with van der Waals surface area (Å²) in [5, 5.41) is 20.3. The maximum Gasteiger partial charge on any atom is 0.258 e. The predicted molar refractivity (Wildman–Crippen MR) is 104 cm³/mol. The number of nitrogens with one attached hydrogen (secondary N) is 3. The summed E-state index contributed by atoms with van der Waals surface area (Å²) < 4.78 is 0.929. The first-order valence-electron chi connectivity index (χ1n) is 8.45. The molecule has 0 radical (unpaired) electrons. The van der Waals surface area contributed by atoms with Gasteiger partial charge in [0.15, 0.2) is 5.82 Å². The Hall–Kier alpha value is -3.07. The fraction of sp³-hybridized carbons (Fsp3) is 0.167. The Morgan fingerprint density at radius 3 is 2.89 bits per heavy atom. The molecule has 0 unspecified atom stereocenters. The number of carbonyl (C=O) groups is 1. The average molecular weight is 424 g/mol. The van der Waals surface area contributed by atoms with Gasteiger partial charge in [0, 0.05) is 28.3 Å². The Morgan fingerprint density at radius 1 is 1.22 bits per heavy atom. The SMILES string of the molecule is C/N=C1/C(=C2/C(=O)NC3=C2CCC=C3Br)Nc2ccc(-c3nnn[nH]3)cc21. The van der Waals surface area contributed by atoms with Gasteiger partial charge >= 0.3 is 0 Å². The minimum absolute atomic E-state index is 0.108. The molecule has 134 valence electrons. The van der Waals surface area contributed by atoms with E-state index in [1.165, 1.54) is 0 Å².